The first-order valence-electron chi connectivity index (χ1n) is 17.6. The van der Waals surface area contributed by atoms with Crippen molar-refractivity contribution in [2.45, 2.75) is 25.0 Å². The first-order valence-corrected chi connectivity index (χ1v) is 19.2. The average Bonchev–Trinajstić information content (AvgIpc) is 3.55. The summed E-state index contributed by atoms with van der Waals surface area (Å²) in [5.41, 5.74) is 13.1. The van der Waals surface area contributed by atoms with E-state index in [1.807, 2.05) is 35.8 Å². The zero-order chi connectivity index (χ0) is 34.2. The van der Waals surface area contributed by atoms with Crippen molar-refractivity contribution in [2.75, 3.05) is 0 Å². The average molecular weight is 699 g/mol. The maximum atomic E-state index is 4.73. The van der Waals surface area contributed by atoms with Crippen LogP contribution < -0.4 is 0 Å². The fourth-order valence-electron chi connectivity index (χ4n) is 8.55. The Bertz CT molecular complexity index is 2810. The van der Waals surface area contributed by atoms with E-state index in [1.165, 1.54) is 80.5 Å². The number of hydrogen-bond donors (Lipinski definition) is 0. The number of nitrogens with zero attached hydrogens (tertiary/aromatic N) is 2. The van der Waals surface area contributed by atoms with Crippen molar-refractivity contribution in [3.63, 3.8) is 0 Å². The van der Waals surface area contributed by atoms with Crippen molar-refractivity contribution in [1.82, 2.24) is 9.55 Å². The highest BCUT2D eigenvalue weighted by Crippen LogP contribution is 2.62. The summed E-state index contributed by atoms with van der Waals surface area (Å²) < 4.78 is 2.38. The summed E-state index contributed by atoms with van der Waals surface area (Å²) in [6, 6.07) is 64.7. The largest absolute Gasteiger partial charge is 0.309 e. The van der Waals surface area contributed by atoms with Crippen LogP contribution in [0, 0.1) is 0 Å². The van der Waals surface area contributed by atoms with E-state index in [0.717, 1.165) is 11.3 Å². The third kappa shape index (κ3) is 4.32. The molecular formula is C48H30N2S2. The zero-order valence-corrected chi connectivity index (χ0v) is 29.7. The van der Waals surface area contributed by atoms with Gasteiger partial charge >= 0.3 is 0 Å². The van der Waals surface area contributed by atoms with Crippen molar-refractivity contribution in [1.29, 1.82) is 0 Å². The Morgan fingerprint density at radius 3 is 1.71 bits per heavy atom. The lowest BCUT2D eigenvalue weighted by Gasteiger charge is -2.45. The number of benzene rings is 7. The molecule has 2 nitrogen and oxygen atoms in total. The molecule has 0 radical (unpaired) electrons. The van der Waals surface area contributed by atoms with Gasteiger partial charge in [0.05, 0.1) is 22.1 Å². The summed E-state index contributed by atoms with van der Waals surface area (Å²) >= 11 is 3.77. The molecule has 2 aromatic heterocycles. The van der Waals surface area contributed by atoms with Gasteiger partial charge in [-0.15, -0.1) is 0 Å². The Kier molecular flexibility index (Phi) is 6.67. The molecule has 0 atom stereocenters. The first-order chi connectivity index (χ1) is 25.8. The molecule has 0 saturated carbocycles. The molecule has 0 saturated heterocycles. The predicted octanol–water partition coefficient (Wildman–Crippen LogP) is 12.8. The normalized spacial score (nSPS) is 13.8. The summed E-state index contributed by atoms with van der Waals surface area (Å²) in [4.78, 5) is 9.89. The molecule has 9 aromatic rings. The third-order valence-corrected chi connectivity index (χ3v) is 13.0. The fourth-order valence-corrected chi connectivity index (χ4v) is 11.0. The van der Waals surface area contributed by atoms with Gasteiger partial charge in [0.25, 0.3) is 0 Å². The van der Waals surface area contributed by atoms with Crippen molar-refractivity contribution in [2.24, 2.45) is 0 Å². The Balaban J connectivity index is 1.15. The number of hydrogen-bond acceptors (Lipinski definition) is 3. The molecule has 2 aliphatic heterocycles. The number of fused-ring (bicyclic) bond motifs is 11. The van der Waals surface area contributed by atoms with Crippen LogP contribution >= 0.6 is 23.5 Å². The van der Waals surface area contributed by atoms with E-state index in [0.29, 0.717) is 0 Å². The lowest BCUT2D eigenvalue weighted by Crippen LogP contribution is -2.36. The van der Waals surface area contributed by atoms with Crippen LogP contribution in [0.25, 0.3) is 49.9 Å². The van der Waals surface area contributed by atoms with Crippen LogP contribution in [0.1, 0.15) is 22.3 Å². The molecular weight excluding hydrogens is 669 g/mol. The van der Waals surface area contributed by atoms with E-state index in [9.17, 15) is 0 Å². The molecule has 0 unspecified atom stereocenters. The maximum absolute atomic E-state index is 4.73. The van der Waals surface area contributed by atoms with Crippen LogP contribution in [0.5, 0.6) is 0 Å². The van der Waals surface area contributed by atoms with Crippen LogP contribution in [0.3, 0.4) is 0 Å². The topological polar surface area (TPSA) is 17.8 Å². The Morgan fingerprint density at radius 1 is 0.404 bits per heavy atom. The molecule has 7 aromatic carbocycles. The lowest BCUT2D eigenvalue weighted by molar-refractivity contribution is 0.667. The molecule has 0 amide bonds. The Morgan fingerprint density at radius 2 is 0.962 bits per heavy atom. The van der Waals surface area contributed by atoms with Gasteiger partial charge < -0.3 is 4.57 Å². The highest BCUT2D eigenvalue weighted by Gasteiger charge is 2.48. The van der Waals surface area contributed by atoms with Crippen LogP contribution in [0.2, 0.25) is 0 Å². The summed E-state index contributed by atoms with van der Waals surface area (Å²) in [7, 11) is 0. The van der Waals surface area contributed by atoms with Crippen LogP contribution in [-0.2, 0) is 5.41 Å². The molecule has 0 N–H and O–H groups in total. The van der Waals surface area contributed by atoms with E-state index in [1.54, 1.807) is 0 Å². The first kappa shape index (κ1) is 29.9. The summed E-state index contributed by atoms with van der Waals surface area (Å²) in [6.07, 6.45) is 1.88. The minimum atomic E-state index is -0.456. The highest BCUT2D eigenvalue weighted by molar-refractivity contribution is 8.00. The molecule has 11 rings (SSSR count). The molecule has 2 aliphatic rings. The smallest absolute Gasteiger partial charge is 0.0745 e. The minimum Gasteiger partial charge on any atom is -0.309 e. The minimum absolute atomic E-state index is 0.456. The molecule has 4 heteroatoms. The van der Waals surface area contributed by atoms with Crippen LogP contribution in [0.15, 0.2) is 202 Å². The van der Waals surface area contributed by atoms with Gasteiger partial charge in [-0.05, 0) is 100 Å². The molecule has 244 valence electrons. The SMILES string of the molecule is c1ccc(-n2c3ccccc3c3cc(-c4ccc5c(c4)Sc4cc(-c6ccccn6)ccc4C54c5ccccc5Sc5ccccc54)ccc32)cc1. The Labute approximate surface area is 310 Å². The standard InChI is InChI=1S/C48H30N2S2/c1-2-12-34(13-3-1)50-42-18-7-4-14-35(42)36-28-31(23-26-43(36)50)32-21-24-39-46(29-32)52-47-30-33(41-17-10-11-27-49-41)22-25-40(47)48(39)37-15-5-8-19-44(37)51-45-20-9-6-16-38(45)48/h1-30H. The number of rotatable bonds is 3. The third-order valence-electron chi connectivity index (χ3n) is 10.8. The van der Waals surface area contributed by atoms with Crippen molar-refractivity contribution in [3.05, 3.63) is 204 Å². The van der Waals surface area contributed by atoms with E-state index in [4.69, 9.17) is 4.98 Å². The molecule has 0 fully saturated rings. The summed E-state index contributed by atoms with van der Waals surface area (Å²) in [5.74, 6) is 0. The van der Waals surface area contributed by atoms with Gasteiger partial charge in [-0.3, -0.25) is 4.98 Å². The van der Waals surface area contributed by atoms with E-state index in [-0.39, 0.29) is 0 Å². The molecule has 4 heterocycles. The summed E-state index contributed by atoms with van der Waals surface area (Å²) in [6.45, 7) is 0. The molecule has 0 bridgehead atoms. The molecule has 0 aliphatic carbocycles. The second-order valence-corrected chi connectivity index (χ2v) is 15.7. The second-order valence-electron chi connectivity index (χ2n) is 13.5. The van der Waals surface area contributed by atoms with Gasteiger partial charge in [0.15, 0.2) is 0 Å². The van der Waals surface area contributed by atoms with Crippen molar-refractivity contribution in [3.8, 4) is 28.1 Å². The van der Waals surface area contributed by atoms with E-state index >= 15 is 0 Å². The predicted molar refractivity (Wildman–Crippen MR) is 216 cm³/mol. The van der Waals surface area contributed by atoms with Gasteiger partial charge in [0.1, 0.15) is 0 Å². The highest BCUT2D eigenvalue weighted by atomic mass is 32.2. The summed E-state index contributed by atoms with van der Waals surface area (Å²) in [5, 5.41) is 2.52. The number of para-hydroxylation sites is 2. The molecule has 1 spiro atoms. The second kappa shape index (κ2) is 11.6. The van der Waals surface area contributed by atoms with Gasteiger partial charge in [0, 0.05) is 47.8 Å². The number of aromatic nitrogens is 2. The Hall–Kier alpha value is -5.81. The van der Waals surface area contributed by atoms with Gasteiger partial charge in [-0.25, -0.2) is 0 Å². The van der Waals surface area contributed by atoms with E-state index in [2.05, 4.69) is 174 Å². The van der Waals surface area contributed by atoms with E-state index < -0.39 is 5.41 Å². The molecule has 52 heavy (non-hydrogen) atoms. The maximum Gasteiger partial charge on any atom is 0.0745 e. The fraction of sp³-hybridized carbons (Fsp3) is 0.0208. The van der Waals surface area contributed by atoms with Crippen molar-refractivity contribution >= 4 is 45.3 Å². The number of pyridine rings is 1. The quantitative estimate of drug-likeness (QED) is 0.183. The van der Waals surface area contributed by atoms with Gasteiger partial charge in [-0.1, -0.05) is 133 Å². The van der Waals surface area contributed by atoms with Gasteiger partial charge in [0.2, 0.25) is 0 Å². The van der Waals surface area contributed by atoms with Gasteiger partial charge in [-0.2, -0.15) is 0 Å². The zero-order valence-electron chi connectivity index (χ0n) is 28.0. The lowest BCUT2D eigenvalue weighted by atomic mass is 9.64. The monoisotopic (exact) mass is 698 g/mol. The van der Waals surface area contributed by atoms with Crippen molar-refractivity contribution < 1.29 is 0 Å². The van der Waals surface area contributed by atoms with Crippen LogP contribution in [-0.4, -0.2) is 9.55 Å². The van der Waals surface area contributed by atoms with Crippen LogP contribution in [0.4, 0.5) is 0 Å².